The lowest BCUT2D eigenvalue weighted by atomic mass is 9.97. The molecule has 34 heavy (non-hydrogen) atoms. The Labute approximate surface area is 208 Å². The third-order valence-corrected chi connectivity index (χ3v) is 6.76. The molecule has 0 aliphatic rings. The van der Waals surface area contributed by atoms with Crippen molar-refractivity contribution in [3.63, 3.8) is 0 Å². The molecular weight excluding hydrogens is 472 g/mol. The molecule has 178 valence electrons. The zero-order chi connectivity index (χ0) is 24.5. The molecule has 0 radical (unpaired) electrons. The monoisotopic (exact) mass is 498 g/mol. The van der Waals surface area contributed by atoms with Gasteiger partial charge in [-0.2, -0.15) is 0 Å². The number of halogens is 1. The largest absolute Gasteiger partial charge is 0.507 e. The van der Waals surface area contributed by atoms with Crippen molar-refractivity contribution in [1.29, 1.82) is 0 Å². The molecule has 5 nitrogen and oxygen atoms in total. The van der Waals surface area contributed by atoms with E-state index >= 15 is 0 Å². The normalized spacial score (nSPS) is 10.8. The van der Waals surface area contributed by atoms with Crippen LogP contribution in [-0.4, -0.2) is 34.3 Å². The highest BCUT2D eigenvalue weighted by Crippen LogP contribution is 2.34. The van der Waals surface area contributed by atoms with Crippen LogP contribution in [0.5, 0.6) is 11.5 Å². The number of ketones is 1. The Kier molecular flexibility index (Phi) is 9.42. The summed E-state index contributed by atoms with van der Waals surface area (Å²) in [5.74, 6) is 0.225. The first-order valence-electron chi connectivity index (χ1n) is 11.1. The molecule has 0 aliphatic carbocycles. The van der Waals surface area contributed by atoms with E-state index in [1.807, 2.05) is 19.1 Å². The Hall–Kier alpha value is -2.96. The maximum Gasteiger partial charge on any atom is 0.307 e. The minimum atomic E-state index is -0.889. The Morgan fingerprint density at radius 3 is 2.50 bits per heavy atom. The van der Waals surface area contributed by atoms with E-state index in [2.05, 4.69) is 0 Å². The average Bonchev–Trinajstić information content (AvgIpc) is 2.82. The second kappa shape index (κ2) is 12.5. The van der Waals surface area contributed by atoms with Gasteiger partial charge in [-0.25, -0.2) is 0 Å². The van der Waals surface area contributed by atoms with Gasteiger partial charge in [0, 0.05) is 21.8 Å². The number of rotatable bonds is 12. The molecule has 0 saturated heterocycles. The number of hydrogen-bond donors (Lipinski definition) is 2. The van der Waals surface area contributed by atoms with Crippen LogP contribution in [0.1, 0.15) is 46.8 Å². The number of hydrogen-bond acceptors (Lipinski definition) is 5. The molecule has 3 rings (SSSR count). The molecule has 0 aliphatic heterocycles. The number of carbonyl (C=O) groups is 2. The Bertz CT molecular complexity index is 1150. The lowest BCUT2D eigenvalue weighted by molar-refractivity contribution is -0.136. The number of thioether (sulfide) groups is 1. The molecule has 0 bridgehead atoms. The smallest absolute Gasteiger partial charge is 0.307 e. The predicted octanol–water partition coefficient (Wildman–Crippen LogP) is 6.42. The van der Waals surface area contributed by atoms with Crippen molar-refractivity contribution in [2.45, 2.75) is 37.5 Å². The van der Waals surface area contributed by atoms with Crippen LogP contribution >= 0.6 is 23.4 Å². The van der Waals surface area contributed by atoms with Crippen LogP contribution in [0.25, 0.3) is 0 Å². The van der Waals surface area contributed by atoms with Crippen molar-refractivity contribution >= 4 is 35.1 Å². The highest BCUT2D eigenvalue weighted by Gasteiger charge is 2.19. The summed E-state index contributed by atoms with van der Waals surface area (Å²) in [5.41, 5.74) is 2.12. The summed E-state index contributed by atoms with van der Waals surface area (Å²) in [7, 11) is 0. The van der Waals surface area contributed by atoms with Gasteiger partial charge in [0.2, 0.25) is 0 Å². The molecule has 0 amide bonds. The van der Waals surface area contributed by atoms with E-state index in [0.717, 1.165) is 23.5 Å². The summed E-state index contributed by atoms with van der Waals surface area (Å²) in [5, 5.41) is 20.3. The van der Waals surface area contributed by atoms with Gasteiger partial charge in [0.25, 0.3) is 0 Å². The van der Waals surface area contributed by atoms with Gasteiger partial charge >= 0.3 is 5.97 Å². The predicted molar refractivity (Wildman–Crippen MR) is 136 cm³/mol. The summed E-state index contributed by atoms with van der Waals surface area (Å²) in [4.78, 5) is 24.6. The van der Waals surface area contributed by atoms with E-state index < -0.39 is 5.97 Å². The first kappa shape index (κ1) is 25.7. The van der Waals surface area contributed by atoms with E-state index in [9.17, 15) is 14.7 Å². The number of ether oxygens (including phenoxy) is 1. The molecule has 0 spiro atoms. The first-order valence-corrected chi connectivity index (χ1v) is 12.5. The van der Waals surface area contributed by atoms with Crippen LogP contribution in [0.4, 0.5) is 0 Å². The standard InChI is InChI=1S/C27H27ClO5S/c1-2-7-20-23(12-11-21(27(20)32)26(31)19-8-4-3-5-9-19)33-14-6-15-34-24-13-10-18(16-22(24)28)17-25(29)30/h3-5,8-13,16,32H,2,6-7,14-15,17H2,1H3,(H,29,30). The van der Waals surface area contributed by atoms with E-state index in [4.69, 9.17) is 21.4 Å². The first-order chi connectivity index (χ1) is 16.4. The van der Waals surface area contributed by atoms with Crippen LogP contribution in [0.2, 0.25) is 5.02 Å². The molecule has 0 heterocycles. The molecule has 0 unspecified atom stereocenters. The third-order valence-electron chi connectivity index (χ3n) is 5.18. The van der Waals surface area contributed by atoms with Crippen molar-refractivity contribution in [2.24, 2.45) is 0 Å². The quantitative estimate of drug-likeness (QED) is 0.170. The van der Waals surface area contributed by atoms with Crippen LogP contribution in [0.15, 0.2) is 65.6 Å². The number of benzene rings is 3. The number of phenolic OH excluding ortho intramolecular Hbond substituents is 1. The van der Waals surface area contributed by atoms with Crippen molar-refractivity contribution in [2.75, 3.05) is 12.4 Å². The van der Waals surface area contributed by atoms with Crippen molar-refractivity contribution in [3.8, 4) is 11.5 Å². The minimum absolute atomic E-state index is 0.0178. The van der Waals surface area contributed by atoms with E-state index in [-0.39, 0.29) is 23.5 Å². The maximum absolute atomic E-state index is 12.8. The molecule has 0 aromatic heterocycles. The lowest BCUT2D eigenvalue weighted by Gasteiger charge is -2.15. The summed E-state index contributed by atoms with van der Waals surface area (Å²) >= 11 is 7.86. The number of phenols is 1. The SMILES string of the molecule is CCCc1c(OCCCSc2ccc(CC(=O)O)cc2Cl)ccc(C(=O)c2ccccc2)c1O. The number of carbonyl (C=O) groups excluding carboxylic acids is 1. The van der Waals surface area contributed by atoms with Gasteiger partial charge in [-0.3, -0.25) is 9.59 Å². The van der Waals surface area contributed by atoms with E-state index in [1.54, 1.807) is 60.3 Å². The molecule has 3 aromatic carbocycles. The molecule has 0 fully saturated rings. The van der Waals surface area contributed by atoms with Crippen LogP contribution in [-0.2, 0) is 17.6 Å². The average molecular weight is 499 g/mol. The van der Waals surface area contributed by atoms with Gasteiger partial charge in [0.1, 0.15) is 11.5 Å². The molecule has 0 saturated carbocycles. The van der Waals surface area contributed by atoms with E-state index in [1.165, 1.54) is 0 Å². The zero-order valence-electron chi connectivity index (χ0n) is 18.9. The highest BCUT2D eigenvalue weighted by molar-refractivity contribution is 7.99. The zero-order valence-corrected chi connectivity index (χ0v) is 20.5. The molecule has 7 heteroatoms. The second-order valence-electron chi connectivity index (χ2n) is 7.77. The molecule has 0 atom stereocenters. The van der Waals surface area contributed by atoms with E-state index in [0.29, 0.717) is 40.5 Å². The second-order valence-corrected chi connectivity index (χ2v) is 9.31. The number of carboxylic acids is 1. The Morgan fingerprint density at radius 1 is 1.06 bits per heavy atom. The fraction of sp³-hybridized carbons (Fsp3) is 0.259. The van der Waals surface area contributed by atoms with Crippen LogP contribution < -0.4 is 4.74 Å². The number of carboxylic acid groups (broad SMARTS) is 1. The van der Waals surface area contributed by atoms with Gasteiger partial charge in [-0.05, 0) is 42.7 Å². The summed E-state index contributed by atoms with van der Waals surface area (Å²) in [6.07, 6.45) is 2.10. The van der Waals surface area contributed by atoms with Crippen molar-refractivity contribution in [1.82, 2.24) is 0 Å². The molecule has 2 N–H and O–H groups in total. The topological polar surface area (TPSA) is 83.8 Å². The van der Waals surface area contributed by atoms with Crippen molar-refractivity contribution in [3.05, 3.63) is 87.9 Å². The third kappa shape index (κ3) is 6.78. The number of aromatic hydroxyl groups is 1. The van der Waals surface area contributed by atoms with Gasteiger partial charge in [-0.15, -0.1) is 11.8 Å². The van der Waals surface area contributed by atoms with Crippen LogP contribution in [0.3, 0.4) is 0 Å². The maximum atomic E-state index is 12.8. The summed E-state index contributed by atoms with van der Waals surface area (Å²) in [6.45, 7) is 2.46. The summed E-state index contributed by atoms with van der Waals surface area (Å²) < 4.78 is 5.96. The van der Waals surface area contributed by atoms with Crippen LogP contribution in [0, 0.1) is 0 Å². The Balaban J connectivity index is 1.60. The molecule has 3 aromatic rings. The van der Waals surface area contributed by atoms with Gasteiger partial charge in [0.15, 0.2) is 5.78 Å². The Morgan fingerprint density at radius 2 is 1.82 bits per heavy atom. The molecular formula is C27H27ClO5S. The van der Waals surface area contributed by atoms with Gasteiger partial charge < -0.3 is 14.9 Å². The summed E-state index contributed by atoms with van der Waals surface area (Å²) in [6, 6.07) is 17.6. The fourth-order valence-electron chi connectivity index (χ4n) is 3.54. The van der Waals surface area contributed by atoms with Crippen molar-refractivity contribution < 1.29 is 24.5 Å². The highest BCUT2D eigenvalue weighted by atomic mass is 35.5. The minimum Gasteiger partial charge on any atom is -0.507 e. The fourth-order valence-corrected chi connectivity index (χ4v) is 4.75. The lowest BCUT2D eigenvalue weighted by Crippen LogP contribution is -2.06. The number of aliphatic carboxylic acids is 1. The van der Waals surface area contributed by atoms with Gasteiger partial charge in [0.05, 0.1) is 23.6 Å². The van der Waals surface area contributed by atoms with Gasteiger partial charge in [-0.1, -0.05) is 61.3 Å².